The van der Waals surface area contributed by atoms with E-state index in [1.807, 2.05) is 30.0 Å². The highest BCUT2D eigenvalue weighted by atomic mass is 32.1. The van der Waals surface area contributed by atoms with Crippen LogP contribution in [-0.2, 0) is 11.3 Å². The first-order valence-electron chi connectivity index (χ1n) is 8.04. The molecule has 0 bridgehead atoms. The van der Waals surface area contributed by atoms with E-state index in [-0.39, 0.29) is 24.2 Å². The smallest absolute Gasteiger partial charge is 0.252 e. The lowest BCUT2D eigenvalue weighted by Gasteiger charge is -2.14. The van der Waals surface area contributed by atoms with E-state index >= 15 is 0 Å². The first kappa shape index (κ1) is 18.2. The number of hydrogen-bond donors (Lipinski definition) is 2. The quantitative estimate of drug-likeness (QED) is 0.767. The zero-order valence-corrected chi connectivity index (χ0v) is 15.2. The van der Waals surface area contributed by atoms with Crippen molar-refractivity contribution in [3.05, 3.63) is 39.8 Å². The van der Waals surface area contributed by atoms with Crippen LogP contribution >= 0.6 is 11.3 Å². The Hall–Kier alpha value is -2.15. The van der Waals surface area contributed by atoms with Crippen LogP contribution in [0.15, 0.2) is 22.9 Å². The Bertz CT molecular complexity index is 679. The Kier molecular flexibility index (Phi) is 6.54. The standard InChI is InChI=1S/C17H24N4O2S/c1-12(10-21-14(3)8-13(2)20-21)9-19-16(22)4-6-18-17(23)15-5-7-24-11-15/h5,7-8,11-12H,4,6,9-10H2,1-3H3,(H,18,23)(H,19,22)/t12-/m0/s1. The minimum atomic E-state index is -0.137. The second-order valence-corrected chi connectivity index (χ2v) is 6.82. The number of carbonyl (C=O) groups is 2. The molecule has 0 fully saturated rings. The summed E-state index contributed by atoms with van der Waals surface area (Å²) in [4.78, 5) is 23.6. The van der Waals surface area contributed by atoms with Gasteiger partial charge in [-0.05, 0) is 37.3 Å². The highest BCUT2D eigenvalue weighted by Gasteiger charge is 2.10. The molecule has 7 heteroatoms. The van der Waals surface area contributed by atoms with Crippen LogP contribution in [0.1, 0.15) is 35.1 Å². The van der Waals surface area contributed by atoms with E-state index in [9.17, 15) is 9.59 Å². The van der Waals surface area contributed by atoms with E-state index in [1.165, 1.54) is 11.3 Å². The summed E-state index contributed by atoms with van der Waals surface area (Å²) in [6.07, 6.45) is 0.280. The highest BCUT2D eigenvalue weighted by molar-refractivity contribution is 7.08. The van der Waals surface area contributed by atoms with Gasteiger partial charge in [0, 0.05) is 42.7 Å². The van der Waals surface area contributed by atoms with Gasteiger partial charge >= 0.3 is 0 Å². The fourth-order valence-electron chi connectivity index (χ4n) is 2.38. The predicted octanol–water partition coefficient (Wildman–Crippen LogP) is 2.13. The first-order chi connectivity index (χ1) is 11.5. The number of carbonyl (C=O) groups excluding carboxylic acids is 2. The summed E-state index contributed by atoms with van der Waals surface area (Å²) >= 11 is 1.47. The monoisotopic (exact) mass is 348 g/mol. The number of rotatable bonds is 8. The van der Waals surface area contributed by atoms with Gasteiger partial charge in [0.2, 0.25) is 5.91 Å². The third kappa shape index (κ3) is 5.49. The molecule has 24 heavy (non-hydrogen) atoms. The van der Waals surface area contributed by atoms with E-state index in [4.69, 9.17) is 0 Å². The lowest BCUT2D eigenvalue weighted by molar-refractivity contribution is -0.121. The van der Waals surface area contributed by atoms with Crippen LogP contribution in [0, 0.1) is 19.8 Å². The topological polar surface area (TPSA) is 76.0 Å². The van der Waals surface area contributed by atoms with Gasteiger partial charge in [0.05, 0.1) is 5.69 Å². The zero-order chi connectivity index (χ0) is 17.5. The fraction of sp³-hybridized carbons (Fsp3) is 0.471. The van der Waals surface area contributed by atoms with Crippen LogP contribution in [0.4, 0.5) is 0 Å². The second-order valence-electron chi connectivity index (χ2n) is 6.04. The molecule has 0 aromatic carbocycles. The minimum Gasteiger partial charge on any atom is -0.356 e. The number of aryl methyl sites for hydroxylation is 2. The van der Waals surface area contributed by atoms with E-state index in [0.717, 1.165) is 17.9 Å². The number of aromatic nitrogens is 2. The largest absolute Gasteiger partial charge is 0.356 e. The predicted molar refractivity (Wildman–Crippen MR) is 95.1 cm³/mol. The molecular formula is C17H24N4O2S. The van der Waals surface area contributed by atoms with Crippen molar-refractivity contribution >= 4 is 23.2 Å². The molecule has 2 rings (SSSR count). The molecule has 2 amide bonds. The average Bonchev–Trinajstić information content (AvgIpc) is 3.15. The number of amides is 2. The third-order valence-electron chi connectivity index (χ3n) is 3.66. The van der Waals surface area contributed by atoms with Gasteiger partial charge in [-0.2, -0.15) is 16.4 Å². The molecule has 2 N–H and O–H groups in total. The molecular weight excluding hydrogens is 324 g/mol. The molecule has 2 aromatic rings. The maximum Gasteiger partial charge on any atom is 0.252 e. The Morgan fingerprint density at radius 2 is 2.12 bits per heavy atom. The Balaban J connectivity index is 1.64. The van der Waals surface area contributed by atoms with Gasteiger partial charge in [-0.3, -0.25) is 14.3 Å². The van der Waals surface area contributed by atoms with Crippen molar-refractivity contribution in [2.75, 3.05) is 13.1 Å². The molecule has 0 saturated heterocycles. The molecule has 0 aliphatic heterocycles. The molecule has 6 nitrogen and oxygen atoms in total. The summed E-state index contributed by atoms with van der Waals surface area (Å²) in [5.41, 5.74) is 2.77. The number of hydrogen-bond acceptors (Lipinski definition) is 4. The van der Waals surface area contributed by atoms with Crippen LogP contribution in [0.5, 0.6) is 0 Å². The molecule has 0 aliphatic rings. The van der Waals surface area contributed by atoms with E-state index in [0.29, 0.717) is 18.7 Å². The van der Waals surface area contributed by atoms with Crippen molar-refractivity contribution in [3.63, 3.8) is 0 Å². The SMILES string of the molecule is Cc1cc(C)n(C[C@@H](C)CNC(=O)CCNC(=O)c2ccsc2)n1. The fourth-order valence-corrected chi connectivity index (χ4v) is 3.02. The molecule has 0 aliphatic carbocycles. The lowest BCUT2D eigenvalue weighted by Crippen LogP contribution is -2.33. The van der Waals surface area contributed by atoms with Gasteiger partial charge in [0.15, 0.2) is 0 Å². The van der Waals surface area contributed by atoms with E-state index in [1.54, 1.807) is 11.4 Å². The second kappa shape index (κ2) is 8.63. The normalized spacial score (nSPS) is 12.0. The van der Waals surface area contributed by atoms with Crippen molar-refractivity contribution in [1.29, 1.82) is 0 Å². The zero-order valence-electron chi connectivity index (χ0n) is 14.3. The molecule has 0 radical (unpaired) electrons. The van der Waals surface area contributed by atoms with Gasteiger partial charge in [0.25, 0.3) is 5.91 Å². The summed E-state index contributed by atoms with van der Waals surface area (Å²) in [5.74, 6) is 0.0927. The number of nitrogens with one attached hydrogen (secondary N) is 2. The summed E-state index contributed by atoms with van der Waals surface area (Å²) in [5, 5.41) is 13.7. The van der Waals surface area contributed by atoms with Gasteiger partial charge in [-0.25, -0.2) is 0 Å². The average molecular weight is 348 g/mol. The van der Waals surface area contributed by atoms with Crippen LogP contribution in [0.3, 0.4) is 0 Å². The Morgan fingerprint density at radius 3 is 2.75 bits per heavy atom. The number of thiophene rings is 1. The third-order valence-corrected chi connectivity index (χ3v) is 4.34. The molecule has 130 valence electrons. The van der Waals surface area contributed by atoms with Crippen molar-refractivity contribution in [1.82, 2.24) is 20.4 Å². The molecule has 0 saturated carbocycles. The maximum atomic E-state index is 11.9. The van der Waals surface area contributed by atoms with Crippen LogP contribution in [-0.4, -0.2) is 34.7 Å². The van der Waals surface area contributed by atoms with Crippen LogP contribution < -0.4 is 10.6 Å². The van der Waals surface area contributed by atoms with Crippen molar-refractivity contribution in [3.8, 4) is 0 Å². The van der Waals surface area contributed by atoms with Gasteiger partial charge in [-0.15, -0.1) is 0 Å². The Morgan fingerprint density at radius 1 is 1.33 bits per heavy atom. The van der Waals surface area contributed by atoms with Crippen molar-refractivity contribution in [2.45, 2.75) is 33.7 Å². The molecule has 2 aromatic heterocycles. The van der Waals surface area contributed by atoms with E-state index in [2.05, 4.69) is 22.7 Å². The minimum absolute atomic E-state index is 0.0548. The van der Waals surface area contributed by atoms with E-state index < -0.39 is 0 Å². The molecule has 0 spiro atoms. The summed E-state index contributed by atoms with van der Waals surface area (Å²) in [6, 6.07) is 3.81. The molecule has 0 unspecified atom stereocenters. The first-order valence-corrected chi connectivity index (χ1v) is 8.98. The highest BCUT2D eigenvalue weighted by Crippen LogP contribution is 2.06. The van der Waals surface area contributed by atoms with Crippen LogP contribution in [0.25, 0.3) is 0 Å². The van der Waals surface area contributed by atoms with Gasteiger partial charge < -0.3 is 10.6 Å². The molecule has 1 atom stereocenters. The maximum absolute atomic E-state index is 11.9. The summed E-state index contributed by atoms with van der Waals surface area (Å²) < 4.78 is 1.97. The van der Waals surface area contributed by atoms with Gasteiger partial charge in [-0.1, -0.05) is 6.92 Å². The number of nitrogens with zero attached hydrogens (tertiary/aromatic N) is 2. The van der Waals surface area contributed by atoms with Crippen molar-refractivity contribution in [2.24, 2.45) is 5.92 Å². The lowest BCUT2D eigenvalue weighted by atomic mass is 10.2. The van der Waals surface area contributed by atoms with Gasteiger partial charge in [0.1, 0.15) is 0 Å². The Labute approximate surface area is 146 Å². The van der Waals surface area contributed by atoms with Crippen LogP contribution in [0.2, 0.25) is 0 Å². The molecule has 2 heterocycles. The summed E-state index contributed by atoms with van der Waals surface area (Å²) in [7, 11) is 0. The summed E-state index contributed by atoms with van der Waals surface area (Å²) in [6.45, 7) is 7.79. The van der Waals surface area contributed by atoms with Crippen molar-refractivity contribution < 1.29 is 9.59 Å².